The number of carbonyl (C=O) groups is 1. The number of aliphatic hydroxyl groups is 6. The van der Waals surface area contributed by atoms with Gasteiger partial charge in [0, 0.05) is 0 Å². The van der Waals surface area contributed by atoms with Crippen molar-refractivity contribution in [3.05, 3.63) is 0 Å². The van der Waals surface area contributed by atoms with Gasteiger partial charge in [0.1, 0.15) is 48.8 Å². The van der Waals surface area contributed by atoms with Gasteiger partial charge >= 0.3 is 5.97 Å². The molecule has 0 spiro atoms. The SMILES string of the molecule is C[C@H](O[C@@H]1[C@@H](O)[C@H](O[C@@H]2[C@@H](O)[C@H](OCCCN)O[C@H](CO)[C@H]2O)O[C@H]1[C@H](O)CO)C(=O)O. The average molecular weight is 471 g/mol. The summed E-state index contributed by atoms with van der Waals surface area (Å²) in [5.41, 5.74) is 5.40. The van der Waals surface area contributed by atoms with Gasteiger partial charge < -0.3 is 65.2 Å². The van der Waals surface area contributed by atoms with Gasteiger partial charge in [-0.25, -0.2) is 4.79 Å². The fraction of sp³-hybridized carbons (Fsp3) is 0.944. The predicted molar refractivity (Wildman–Crippen MR) is 102 cm³/mol. The first kappa shape index (κ1) is 27.2. The maximum absolute atomic E-state index is 11.1. The minimum absolute atomic E-state index is 0.121. The highest BCUT2D eigenvalue weighted by atomic mass is 16.7. The molecule has 14 nitrogen and oxygen atoms in total. The Kier molecular flexibility index (Phi) is 10.6. The lowest BCUT2D eigenvalue weighted by molar-refractivity contribution is -0.331. The van der Waals surface area contributed by atoms with Crippen molar-refractivity contribution in [3.8, 4) is 0 Å². The molecule has 0 radical (unpaired) electrons. The fourth-order valence-corrected chi connectivity index (χ4v) is 3.43. The van der Waals surface area contributed by atoms with Crippen molar-refractivity contribution in [3.63, 3.8) is 0 Å². The molecule has 0 amide bonds. The molecule has 2 fully saturated rings. The van der Waals surface area contributed by atoms with E-state index in [1.165, 1.54) is 6.92 Å². The number of hydrogen-bond donors (Lipinski definition) is 8. The monoisotopic (exact) mass is 471 g/mol. The molecule has 0 unspecified atom stereocenters. The number of aliphatic carboxylic acids is 1. The van der Waals surface area contributed by atoms with Crippen LogP contribution in [0.25, 0.3) is 0 Å². The van der Waals surface area contributed by atoms with Crippen molar-refractivity contribution in [2.24, 2.45) is 5.73 Å². The maximum atomic E-state index is 11.1. The highest BCUT2D eigenvalue weighted by Crippen LogP contribution is 2.32. The van der Waals surface area contributed by atoms with Gasteiger partial charge in [-0.1, -0.05) is 0 Å². The summed E-state index contributed by atoms with van der Waals surface area (Å²) in [6, 6.07) is 0. The third-order valence-electron chi connectivity index (χ3n) is 5.25. The van der Waals surface area contributed by atoms with Crippen LogP contribution in [0.3, 0.4) is 0 Å². The number of ether oxygens (including phenoxy) is 5. The molecule has 188 valence electrons. The second-order valence-electron chi connectivity index (χ2n) is 7.61. The highest BCUT2D eigenvalue weighted by molar-refractivity contribution is 5.71. The zero-order valence-electron chi connectivity index (χ0n) is 17.5. The van der Waals surface area contributed by atoms with E-state index in [1.54, 1.807) is 0 Å². The molecule has 0 aromatic rings. The highest BCUT2D eigenvalue weighted by Gasteiger charge is 2.53. The summed E-state index contributed by atoms with van der Waals surface area (Å²) < 4.78 is 27.0. The van der Waals surface area contributed by atoms with Crippen LogP contribution in [0.4, 0.5) is 0 Å². The van der Waals surface area contributed by atoms with Crippen LogP contribution < -0.4 is 5.73 Å². The lowest BCUT2D eigenvalue weighted by atomic mass is 9.98. The van der Waals surface area contributed by atoms with Crippen molar-refractivity contribution >= 4 is 5.97 Å². The van der Waals surface area contributed by atoms with Crippen molar-refractivity contribution in [2.45, 2.75) is 80.9 Å². The molecule has 2 saturated heterocycles. The first-order valence-electron chi connectivity index (χ1n) is 10.3. The van der Waals surface area contributed by atoms with E-state index in [9.17, 15) is 35.4 Å². The van der Waals surface area contributed by atoms with Gasteiger partial charge in [-0.2, -0.15) is 0 Å². The Bertz CT molecular complexity index is 583. The standard InChI is InChI=1S/C18H33NO13/c1-7(16(26)27)29-15-12(25)18(31-13(15)8(22)5-20)32-14-10(23)9(6-21)30-17(11(14)24)28-4-2-3-19/h7-15,17-18,20-25H,2-6,19H2,1H3,(H,26,27)/t7-,8+,9+,10+,11+,12+,13-,14-,15+,17+,18-/m0/s1. The van der Waals surface area contributed by atoms with Crippen LogP contribution in [0, 0.1) is 0 Å². The summed E-state index contributed by atoms with van der Waals surface area (Å²) in [6.45, 7) is 0.230. The Balaban J connectivity index is 2.16. The number of hydrogen-bond acceptors (Lipinski definition) is 13. The Morgan fingerprint density at radius 1 is 1.06 bits per heavy atom. The van der Waals surface area contributed by atoms with E-state index in [1.807, 2.05) is 0 Å². The number of carboxylic acid groups (broad SMARTS) is 1. The molecule has 0 aliphatic carbocycles. The van der Waals surface area contributed by atoms with E-state index < -0.39 is 86.7 Å². The summed E-state index contributed by atoms with van der Waals surface area (Å²) in [5.74, 6) is -1.34. The Morgan fingerprint density at radius 2 is 1.72 bits per heavy atom. The third kappa shape index (κ3) is 6.31. The quantitative estimate of drug-likeness (QED) is 0.125. The second kappa shape index (κ2) is 12.5. The molecule has 11 atom stereocenters. The summed E-state index contributed by atoms with van der Waals surface area (Å²) >= 11 is 0. The molecule has 9 N–H and O–H groups in total. The molecular weight excluding hydrogens is 438 g/mol. The minimum atomic E-state index is -1.66. The van der Waals surface area contributed by atoms with Crippen LogP contribution in [0.2, 0.25) is 0 Å². The predicted octanol–water partition coefficient (Wildman–Crippen LogP) is -4.53. The molecule has 0 aromatic carbocycles. The first-order valence-corrected chi connectivity index (χ1v) is 10.3. The van der Waals surface area contributed by atoms with E-state index >= 15 is 0 Å². The molecule has 2 aliphatic heterocycles. The lowest BCUT2D eigenvalue weighted by Crippen LogP contribution is -2.61. The largest absolute Gasteiger partial charge is 0.479 e. The summed E-state index contributed by atoms with van der Waals surface area (Å²) in [6.07, 6.45) is -15.6. The number of carboxylic acids is 1. The molecule has 0 aromatic heterocycles. The second-order valence-corrected chi connectivity index (χ2v) is 7.61. The molecule has 2 heterocycles. The zero-order chi connectivity index (χ0) is 24.0. The van der Waals surface area contributed by atoms with Crippen LogP contribution in [0.1, 0.15) is 13.3 Å². The average Bonchev–Trinajstić information content (AvgIpc) is 3.07. The maximum Gasteiger partial charge on any atom is 0.332 e. The van der Waals surface area contributed by atoms with E-state index in [0.29, 0.717) is 13.0 Å². The van der Waals surface area contributed by atoms with Gasteiger partial charge in [-0.3, -0.25) is 0 Å². The molecule has 32 heavy (non-hydrogen) atoms. The summed E-state index contributed by atoms with van der Waals surface area (Å²) in [5, 5.41) is 69.5. The fourth-order valence-electron chi connectivity index (χ4n) is 3.43. The minimum Gasteiger partial charge on any atom is -0.479 e. The molecule has 2 rings (SSSR count). The van der Waals surface area contributed by atoms with Gasteiger partial charge in [-0.15, -0.1) is 0 Å². The van der Waals surface area contributed by atoms with Crippen LogP contribution in [-0.4, -0.2) is 136 Å². The van der Waals surface area contributed by atoms with E-state index in [4.69, 9.17) is 34.5 Å². The third-order valence-corrected chi connectivity index (χ3v) is 5.25. The molecular formula is C18H33NO13. The van der Waals surface area contributed by atoms with Gasteiger partial charge in [0.05, 0.1) is 19.8 Å². The summed E-state index contributed by atoms with van der Waals surface area (Å²) in [4.78, 5) is 11.1. The van der Waals surface area contributed by atoms with Crippen LogP contribution in [-0.2, 0) is 28.5 Å². The van der Waals surface area contributed by atoms with Gasteiger partial charge in [0.25, 0.3) is 0 Å². The number of aliphatic hydroxyl groups excluding tert-OH is 6. The Labute approximate surface area is 184 Å². The molecule has 0 saturated carbocycles. The van der Waals surface area contributed by atoms with Crippen molar-refractivity contribution < 1.29 is 64.2 Å². The van der Waals surface area contributed by atoms with Crippen LogP contribution in [0.5, 0.6) is 0 Å². The Morgan fingerprint density at radius 3 is 2.28 bits per heavy atom. The summed E-state index contributed by atoms with van der Waals surface area (Å²) in [7, 11) is 0. The van der Waals surface area contributed by atoms with Gasteiger partial charge in [0.2, 0.25) is 0 Å². The molecule has 0 bridgehead atoms. The van der Waals surface area contributed by atoms with Gasteiger partial charge in [-0.05, 0) is 19.9 Å². The molecule has 14 heteroatoms. The normalized spacial score (nSPS) is 39.7. The molecule has 2 aliphatic rings. The van der Waals surface area contributed by atoms with Crippen LogP contribution >= 0.6 is 0 Å². The van der Waals surface area contributed by atoms with Crippen LogP contribution in [0.15, 0.2) is 0 Å². The first-order chi connectivity index (χ1) is 15.2. The zero-order valence-corrected chi connectivity index (χ0v) is 17.5. The lowest BCUT2D eigenvalue weighted by Gasteiger charge is -2.42. The van der Waals surface area contributed by atoms with Crippen molar-refractivity contribution in [2.75, 3.05) is 26.4 Å². The van der Waals surface area contributed by atoms with Crippen molar-refractivity contribution in [1.82, 2.24) is 0 Å². The van der Waals surface area contributed by atoms with Crippen molar-refractivity contribution in [1.29, 1.82) is 0 Å². The van der Waals surface area contributed by atoms with E-state index in [-0.39, 0.29) is 6.61 Å². The van der Waals surface area contributed by atoms with E-state index in [2.05, 4.69) is 0 Å². The Hall–Kier alpha value is -1.01. The topological polar surface area (TPSA) is 231 Å². The smallest absolute Gasteiger partial charge is 0.332 e. The van der Waals surface area contributed by atoms with E-state index in [0.717, 1.165) is 0 Å². The number of nitrogens with two attached hydrogens (primary N) is 1. The number of rotatable bonds is 12. The van der Waals surface area contributed by atoms with Gasteiger partial charge in [0.15, 0.2) is 18.7 Å².